The van der Waals surface area contributed by atoms with Crippen molar-refractivity contribution in [3.63, 3.8) is 0 Å². The van der Waals surface area contributed by atoms with E-state index in [1.807, 2.05) is 35.2 Å². The van der Waals surface area contributed by atoms with Crippen molar-refractivity contribution < 1.29 is 22.7 Å². The second-order valence-corrected chi connectivity index (χ2v) is 8.75. The maximum absolute atomic E-state index is 13.0. The van der Waals surface area contributed by atoms with Gasteiger partial charge in [0.05, 0.1) is 5.56 Å². The molecule has 0 aliphatic carbocycles. The van der Waals surface area contributed by atoms with Gasteiger partial charge in [0.25, 0.3) is 0 Å². The van der Waals surface area contributed by atoms with Gasteiger partial charge in [0, 0.05) is 71.1 Å². The van der Waals surface area contributed by atoms with E-state index in [1.165, 1.54) is 12.1 Å². The van der Waals surface area contributed by atoms with Crippen LogP contribution >= 0.6 is 0 Å². The monoisotopic (exact) mass is 476 g/mol. The quantitative estimate of drug-likeness (QED) is 0.635. The Kier molecular flexibility index (Phi) is 7.95. The summed E-state index contributed by atoms with van der Waals surface area (Å²) in [5.41, 5.74) is 1.00. The van der Waals surface area contributed by atoms with Crippen LogP contribution in [-0.4, -0.2) is 86.2 Å². The lowest BCUT2D eigenvalue weighted by Gasteiger charge is -2.38. The molecule has 2 aromatic rings. The first-order valence-corrected chi connectivity index (χ1v) is 11.7. The lowest BCUT2D eigenvalue weighted by molar-refractivity contribution is -0.137. The van der Waals surface area contributed by atoms with Gasteiger partial charge in [-0.2, -0.15) is 13.2 Å². The van der Waals surface area contributed by atoms with Gasteiger partial charge in [0.15, 0.2) is 0 Å². The number of alkyl halides is 3. The molecule has 2 aliphatic rings. The van der Waals surface area contributed by atoms with Gasteiger partial charge in [-0.15, -0.1) is 0 Å². The number of halogens is 3. The van der Waals surface area contributed by atoms with Crippen LogP contribution in [-0.2, 0) is 17.5 Å². The molecule has 9 heteroatoms. The topological polar surface area (TPSA) is 39.3 Å². The molecule has 0 N–H and O–H groups in total. The van der Waals surface area contributed by atoms with E-state index in [4.69, 9.17) is 4.74 Å². The normalized spacial score (nSPS) is 18.2. The third-order valence-corrected chi connectivity index (χ3v) is 6.48. The Morgan fingerprint density at radius 3 is 2.03 bits per heavy atom. The van der Waals surface area contributed by atoms with E-state index in [9.17, 15) is 18.0 Å². The fourth-order valence-corrected chi connectivity index (χ4v) is 4.36. The third-order valence-electron chi connectivity index (χ3n) is 6.48. The minimum atomic E-state index is -4.32. The van der Waals surface area contributed by atoms with Crippen LogP contribution in [0.2, 0.25) is 0 Å². The maximum atomic E-state index is 13.0. The molecular formula is C25H31F3N4O2. The van der Waals surface area contributed by atoms with E-state index in [-0.39, 0.29) is 12.7 Å². The summed E-state index contributed by atoms with van der Waals surface area (Å²) in [5, 5.41) is 0. The second-order valence-electron chi connectivity index (χ2n) is 8.75. The molecule has 1 amide bonds. The number of hydrogen-bond acceptors (Lipinski definition) is 5. The molecule has 2 heterocycles. The number of nitrogens with zero attached hydrogens (tertiary/aromatic N) is 4. The van der Waals surface area contributed by atoms with Crippen LogP contribution in [0.5, 0.6) is 0 Å². The van der Waals surface area contributed by atoms with Gasteiger partial charge in [-0.1, -0.05) is 36.4 Å². The summed E-state index contributed by atoms with van der Waals surface area (Å²) in [6.45, 7) is 8.09. The lowest BCUT2D eigenvalue weighted by atomic mass is 10.1. The van der Waals surface area contributed by atoms with Gasteiger partial charge in [-0.25, -0.2) is 4.79 Å². The Balaban J connectivity index is 1.14. The highest BCUT2D eigenvalue weighted by Crippen LogP contribution is 2.31. The molecule has 2 saturated heterocycles. The van der Waals surface area contributed by atoms with Gasteiger partial charge < -0.3 is 14.5 Å². The number of ether oxygens (including phenoxy) is 1. The number of anilines is 1. The average Bonchev–Trinajstić information content (AvgIpc) is 2.87. The first kappa shape index (κ1) is 24.3. The van der Waals surface area contributed by atoms with Crippen molar-refractivity contribution in [2.45, 2.75) is 12.8 Å². The molecule has 0 saturated carbocycles. The molecule has 184 valence electrons. The van der Waals surface area contributed by atoms with Crippen LogP contribution in [0.15, 0.2) is 54.6 Å². The van der Waals surface area contributed by atoms with Crippen LogP contribution < -0.4 is 4.90 Å². The number of benzene rings is 2. The van der Waals surface area contributed by atoms with Crippen LogP contribution in [0.1, 0.15) is 11.1 Å². The van der Waals surface area contributed by atoms with E-state index in [2.05, 4.69) is 9.80 Å². The predicted octanol–water partition coefficient (Wildman–Crippen LogP) is 3.78. The van der Waals surface area contributed by atoms with Crippen LogP contribution in [0, 0.1) is 0 Å². The van der Waals surface area contributed by atoms with Crippen molar-refractivity contribution in [2.75, 3.05) is 70.3 Å². The SMILES string of the molecule is O=C(OCc1ccccc1)N1CCN(CCN2CCN(c3cccc(C(F)(F)F)c3)CC2)CC1. The van der Waals surface area contributed by atoms with Crippen molar-refractivity contribution in [3.05, 3.63) is 65.7 Å². The number of hydrogen-bond donors (Lipinski definition) is 0. The number of carbonyl (C=O) groups is 1. The molecule has 2 aromatic carbocycles. The molecule has 6 nitrogen and oxygen atoms in total. The number of piperazine rings is 2. The molecule has 2 aliphatic heterocycles. The van der Waals surface area contributed by atoms with E-state index in [0.29, 0.717) is 31.9 Å². The number of carbonyl (C=O) groups excluding carboxylic acids is 1. The van der Waals surface area contributed by atoms with Crippen LogP contribution in [0.25, 0.3) is 0 Å². The van der Waals surface area contributed by atoms with Crippen molar-refractivity contribution in [1.82, 2.24) is 14.7 Å². The van der Waals surface area contributed by atoms with Crippen molar-refractivity contribution in [1.29, 1.82) is 0 Å². The standard InChI is InChI=1S/C25H31F3N4O2/c26-25(27,28)22-7-4-8-23(19-22)31-15-11-29(12-16-31)9-10-30-13-17-32(18-14-30)24(33)34-20-21-5-2-1-3-6-21/h1-8,19H,9-18,20H2. The molecule has 0 bridgehead atoms. The summed E-state index contributed by atoms with van der Waals surface area (Å²) >= 11 is 0. The highest BCUT2D eigenvalue weighted by Gasteiger charge is 2.31. The molecule has 0 aromatic heterocycles. The highest BCUT2D eigenvalue weighted by molar-refractivity contribution is 5.67. The summed E-state index contributed by atoms with van der Waals surface area (Å²) in [6.07, 6.45) is -4.59. The zero-order chi connectivity index (χ0) is 24.0. The predicted molar refractivity (Wildman–Crippen MR) is 125 cm³/mol. The molecular weight excluding hydrogens is 445 g/mol. The highest BCUT2D eigenvalue weighted by atomic mass is 19.4. The Hall–Kier alpha value is -2.78. The second kappa shape index (κ2) is 11.1. The van der Waals surface area contributed by atoms with Crippen molar-refractivity contribution in [2.24, 2.45) is 0 Å². The smallest absolute Gasteiger partial charge is 0.416 e. The molecule has 0 radical (unpaired) electrons. The van der Waals surface area contributed by atoms with Gasteiger partial charge in [-0.3, -0.25) is 9.80 Å². The summed E-state index contributed by atoms with van der Waals surface area (Å²) in [7, 11) is 0. The van der Waals surface area contributed by atoms with E-state index < -0.39 is 11.7 Å². The summed E-state index contributed by atoms with van der Waals surface area (Å²) in [5.74, 6) is 0. The Morgan fingerprint density at radius 1 is 0.794 bits per heavy atom. The molecule has 0 atom stereocenters. The molecule has 34 heavy (non-hydrogen) atoms. The maximum Gasteiger partial charge on any atom is 0.416 e. The molecule has 2 fully saturated rings. The number of rotatable bonds is 6. The first-order chi connectivity index (χ1) is 16.4. The molecule has 4 rings (SSSR count). The Labute approximate surface area is 198 Å². The van der Waals surface area contributed by atoms with Gasteiger partial charge in [0.2, 0.25) is 0 Å². The summed E-state index contributed by atoms with van der Waals surface area (Å²) in [4.78, 5) is 20.8. The van der Waals surface area contributed by atoms with E-state index in [1.54, 1.807) is 11.0 Å². The van der Waals surface area contributed by atoms with Crippen LogP contribution in [0.4, 0.5) is 23.7 Å². The average molecular weight is 477 g/mol. The van der Waals surface area contributed by atoms with Gasteiger partial charge >= 0.3 is 12.3 Å². The first-order valence-electron chi connectivity index (χ1n) is 11.7. The fourth-order valence-electron chi connectivity index (χ4n) is 4.36. The minimum Gasteiger partial charge on any atom is -0.445 e. The van der Waals surface area contributed by atoms with Gasteiger partial charge in [-0.05, 0) is 23.8 Å². The molecule has 0 unspecified atom stereocenters. The summed E-state index contributed by atoms with van der Waals surface area (Å²) in [6, 6.07) is 15.2. The number of amides is 1. The van der Waals surface area contributed by atoms with Crippen molar-refractivity contribution in [3.8, 4) is 0 Å². The minimum absolute atomic E-state index is 0.269. The fraction of sp³-hybridized carbons (Fsp3) is 0.480. The third kappa shape index (κ3) is 6.64. The van der Waals surface area contributed by atoms with E-state index >= 15 is 0 Å². The summed E-state index contributed by atoms with van der Waals surface area (Å²) < 4.78 is 44.4. The van der Waals surface area contributed by atoms with Gasteiger partial charge in [0.1, 0.15) is 6.61 Å². The van der Waals surface area contributed by atoms with Crippen molar-refractivity contribution >= 4 is 11.8 Å². The molecule has 0 spiro atoms. The zero-order valence-corrected chi connectivity index (χ0v) is 19.2. The lowest BCUT2D eigenvalue weighted by Crippen LogP contribution is -2.52. The van der Waals surface area contributed by atoms with E-state index in [0.717, 1.165) is 50.9 Å². The zero-order valence-electron chi connectivity index (χ0n) is 19.2. The van der Waals surface area contributed by atoms with Crippen LogP contribution in [0.3, 0.4) is 0 Å². The largest absolute Gasteiger partial charge is 0.445 e. The Morgan fingerprint density at radius 2 is 1.41 bits per heavy atom. The Bertz CT molecular complexity index is 925.